The van der Waals surface area contributed by atoms with Gasteiger partial charge in [0.15, 0.2) is 0 Å². The topological polar surface area (TPSA) is 3.24 Å². The molecule has 0 spiro atoms. The maximum absolute atomic E-state index is 14.3. The van der Waals surface area contributed by atoms with Crippen molar-refractivity contribution in [3.05, 3.63) is 81.9 Å². The van der Waals surface area contributed by atoms with E-state index in [-0.39, 0.29) is 5.41 Å². The summed E-state index contributed by atoms with van der Waals surface area (Å²) in [6.45, 7) is 35.3. The molecule has 0 amide bonds. The Morgan fingerprint density at radius 2 is 1.32 bits per heavy atom. The molecule has 2 aromatic carbocycles. The standard InChI is InChI=1S/C45H72FN/c1-14-38-28-41(27-33(5)36(38)8)34(6)26-37(23-20-21-25-47(17-4)32-45(12,13)46)22-18-19-24-40-30-42(35(7)31-44(9,10)11)29-39(15-2)43(40)16-3/h27-30,37H,6-7,14-26,31-32H2,1-5,8-13H3. The minimum Gasteiger partial charge on any atom is -0.300 e. The fraction of sp³-hybridized carbons (Fsp3) is 0.644. The van der Waals surface area contributed by atoms with Crippen LogP contribution < -0.4 is 0 Å². The Bertz CT molecular complexity index is 1280. The van der Waals surface area contributed by atoms with E-state index in [4.69, 9.17) is 0 Å². The number of allylic oxidation sites excluding steroid dienone is 2. The Morgan fingerprint density at radius 1 is 0.745 bits per heavy atom. The van der Waals surface area contributed by atoms with Crippen molar-refractivity contribution >= 4 is 11.1 Å². The lowest BCUT2D eigenvalue weighted by molar-refractivity contribution is 0.127. The summed E-state index contributed by atoms with van der Waals surface area (Å²) >= 11 is 0. The number of hydrogen-bond donors (Lipinski definition) is 0. The molecule has 0 aromatic heterocycles. The van der Waals surface area contributed by atoms with Crippen molar-refractivity contribution in [3.63, 3.8) is 0 Å². The summed E-state index contributed by atoms with van der Waals surface area (Å²) < 4.78 is 14.3. The zero-order valence-corrected chi connectivity index (χ0v) is 32.7. The van der Waals surface area contributed by atoms with E-state index in [0.29, 0.717) is 12.5 Å². The fourth-order valence-corrected chi connectivity index (χ4v) is 7.45. The maximum Gasteiger partial charge on any atom is 0.118 e. The number of halogens is 1. The summed E-state index contributed by atoms with van der Waals surface area (Å²) in [6, 6.07) is 9.62. The predicted molar refractivity (Wildman–Crippen MR) is 209 cm³/mol. The highest BCUT2D eigenvalue weighted by atomic mass is 19.1. The molecule has 0 heterocycles. The van der Waals surface area contributed by atoms with Crippen molar-refractivity contribution < 1.29 is 4.39 Å². The molecule has 1 nitrogen and oxygen atoms in total. The normalized spacial score (nSPS) is 13.0. The molecule has 0 saturated carbocycles. The third kappa shape index (κ3) is 14.1. The lowest BCUT2D eigenvalue weighted by atomic mass is 9.83. The van der Waals surface area contributed by atoms with Gasteiger partial charge in [0.2, 0.25) is 0 Å². The van der Waals surface area contributed by atoms with Crippen molar-refractivity contribution in [3.8, 4) is 0 Å². The van der Waals surface area contributed by atoms with Gasteiger partial charge in [-0.25, -0.2) is 4.39 Å². The van der Waals surface area contributed by atoms with E-state index in [1.54, 1.807) is 19.4 Å². The Hall–Kier alpha value is -2.19. The first kappa shape index (κ1) is 41.0. The Balaban J connectivity index is 2.16. The van der Waals surface area contributed by atoms with Crippen LogP contribution in [0.4, 0.5) is 4.39 Å². The second-order valence-corrected chi connectivity index (χ2v) is 16.3. The smallest absolute Gasteiger partial charge is 0.118 e. The summed E-state index contributed by atoms with van der Waals surface area (Å²) in [5.74, 6) is 0.622. The highest BCUT2D eigenvalue weighted by Gasteiger charge is 2.20. The molecule has 264 valence electrons. The van der Waals surface area contributed by atoms with Crippen molar-refractivity contribution in [1.29, 1.82) is 0 Å². The van der Waals surface area contributed by atoms with Crippen LogP contribution in [0.15, 0.2) is 37.4 Å². The van der Waals surface area contributed by atoms with Crippen LogP contribution in [0.1, 0.15) is 158 Å². The molecule has 1 atom stereocenters. The first-order valence-electron chi connectivity index (χ1n) is 19.0. The predicted octanol–water partition coefficient (Wildman–Crippen LogP) is 13.1. The molecule has 47 heavy (non-hydrogen) atoms. The van der Waals surface area contributed by atoms with Crippen molar-refractivity contribution in [2.75, 3.05) is 19.6 Å². The van der Waals surface area contributed by atoms with Gasteiger partial charge in [-0.05, 0) is 159 Å². The number of unbranched alkanes of at least 4 members (excludes halogenated alkanes) is 2. The molecular weight excluding hydrogens is 574 g/mol. The van der Waals surface area contributed by atoms with E-state index in [1.807, 2.05) is 0 Å². The monoisotopic (exact) mass is 646 g/mol. The molecule has 0 aliphatic heterocycles. The molecule has 2 heteroatoms. The number of alkyl halides is 1. The lowest BCUT2D eigenvalue weighted by Crippen LogP contribution is -2.36. The van der Waals surface area contributed by atoms with Crippen LogP contribution in [0.5, 0.6) is 0 Å². The van der Waals surface area contributed by atoms with Crippen molar-refractivity contribution in [2.24, 2.45) is 11.3 Å². The van der Waals surface area contributed by atoms with Crippen LogP contribution in [0, 0.1) is 25.2 Å². The third-order valence-corrected chi connectivity index (χ3v) is 10.1. The van der Waals surface area contributed by atoms with Crippen molar-refractivity contribution in [1.82, 2.24) is 4.90 Å². The van der Waals surface area contributed by atoms with E-state index >= 15 is 0 Å². The maximum atomic E-state index is 14.3. The molecule has 0 fully saturated rings. The first-order valence-corrected chi connectivity index (χ1v) is 19.0. The highest BCUT2D eigenvalue weighted by Crippen LogP contribution is 2.34. The quantitative estimate of drug-likeness (QED) is 0.122. The van der Waals surface area contributed by atoms with Gasteiger partial charge in [0, 0.05) is 6.54 Å². The molecule has 0 aliphatic rings. The van der Waals surface area contributed by atoms with Gasteiger partial charge in [-0.15, -0.1) is 0 Å². The molecule has 1 unspecified atom stereocenters. The van der Waals surface area contributed by atoms with Gasteiger partial charge >= 0.3 is 0 Å². The molecule has 0 aliphatic carbocycles. The summed E-state index contributed by atoms with van der Waals surface area (Å²) in [7, 11) is 0. The molecule has 0 N–H and O–H groups in total. The van der Waals surface area contributed by atoms with Crippen LogP contribution >= 0.6 is 0 Å². The van der Waals surface area contributed by atoms with Crippen molar-refractivity contribution in [2.45, 2.75) is 159 Å². The van der Waals surface area contributed by atoms with Gasteiger partial charge in [0.05, 0.1) is 0 Å². The summed E-state index contributed by atoms with van der Waals surface area (Å²) in [5.41, 5.74) is 13.1. The van der Waals surface area contributed by atoms with Gasteiger partial charge in [-0.2, -0.15) is 0 Å². The summed E-state index contributed by atoms with van der Waals surface area (Å²) in [6.07, 6.45) is 13.7. The third-order valence-electron chi connectivity index (χ3n) is 10.1. The van der Waals surface area contributed by atoms with E-state index < -0.39 is 5.67 Å². The number of nitrogens with zero attached hydrogens (tertiary/aromatic N) is 1. The van der Waals surface area contributed by atoms with E-state index in [9.17, 15) is 4.39 Å². The minimum absolute atomic E-state index is 0.236. The SMILES string of the molecule is C=C(CC(CCCCc1cc(C(=C)CC(C)(C)C)cc(CC)c1CC)CCCCN(CC)CC(C)(C)F)c1cc(C)c(C)c(CC)c1. The molecule has 0 bridgehead atoms. The second-order valence-electron chi connectivity index (χ2n) is 16.3. The average molecular weight is 646 g/mol. The summed E-state index contributed by atoms with van der Waals surface area (Å²) in [4.78, 5) is 2.27. The molecule has 2 rings (SSSR count). The fourth-order valence-electron chi connectivity index (χ4n) is 7.45. The zero-order chi connectivity index (χ0) is 35.4. The van der Waals surface area contributed by atoms with E-state index in [0.717, 1.165) is 58.0 Å². The molecule has 0 radical (unpaired) electrons. The van der Waals surface area contributed by atoms with Crippen LogP contribution in [0.2, 0.25) is 0 Å². The number of rotatable bonds is 21. The van der Waals surface area contributed by atoms with E-state index in [1.165, 1.54) is 82.2 Å². The highest BCUT2D eigenvalue weighted by molar-refractivity contribution is 5.67. The summed E-state index contributed by atoms with van der Waals surface area (Å²) in [5, 5.41) is 0. The van der Waals surface area contributed by atoms with Gasteiger partial charge < -0.3 is 4.90 Å². The van der Waals surface area contributed by atoms with Gasteiger partial charge in [0.1, 0.15) is 5.67 Å². The van der Waals surface area contributed by atoms with Crippen LogP contribution in [-0.4, -0.2) is 30.2 Å². The largest absolute Gasteiger partial charge is 0.300 e. The van der Waals surface area contributed by atoms with Crippen LogP contribution in [0.3, 0.4) is 0 Å². The number of aryl methyl sites for hydroxylation is 4. The van der Waals surface area contributed by atoms with Crippen LogP contribution in [-0.2, 0) is 25.7 Å². The number of benzene rings is 2. The Kier molecular flexibility index (Phi) is 16.7. The zero-order valence-electron chi connectivity index (χ0n) is 32.7. The molecule has 0 saturated heterocycles. The molecule has 2 aromatic rings. The molecular formula is C45H72FN. The Morgan fingerprint density at radius 3 is 1.87 bits per heavy atom. The second kappa shape index (κ2) is 19.1. The van der Waals surface area contributed by atoms with Gasteiger partial charge in [0.25, 0.3) is 0 Å². The Labute approximate surface area is 291 Å². The van der Waals surface area contributed by atoms with Gasteiger partial charge in [-0.3, -0.25) is 0 Å². The lowest BCUT2D eigenvalue weighted by Gasteiger charge is -2.26. The first-order chi connectivity index (χ1) is 22.0. The van der Waals surface area contributed by atoms with Gasteiger partial charge in [-0.1, -0.05) is 112 Å². The number of hydrogen-bond acceptors (Lipinski definition) is 1. The minimum atomic E-state index is -1.14. The average Bonchev–Trinajstić information content (AvgIpc) is 2.99. The van der Waals surface area contributed by atoms with Crippen LogP contribution in [0.25, 0.3) is 11.1 Å². The van der Waals surface area contributed by atoms with E-state index in [2.05, 4.69) is 105 Å².